The van der Waals surface area contributed by atoms with Crippen molar-refractivity contribution < 1.29 is 4.74 Å². The summed E-state index contributed by atoms with van der Waals surface area (Å²) < 4.78 is 7.67. The number of nitroso groups, excluding NO2 is 1. The third-order valence-corrected chi connectivity index (χ3v) is 7.24. The number of ether oxygens (including phenoxy) is 1. The van der Waals surface area contributed by atoms with Crippen molar-refractivity contribution in [2.24, 2.45) is 10.2 Å². The minimum atomic E-state index is 0.342. The molecule has 0 N–H and O–H groups in total. The van der Waals surface area contributed by atoms with Crippen molar-refractivity contribution in [1.29, 1.82) is 0 Å². The van der Waals surface area contributed by atoms with Gasteiger partial charge in [0.2, 0.25) is 5.95 Å². The van der Waals surface area contributed by atoms with Gasteiger partial charge in [0.25, 0.3) is 0 Å². The lowest BCUT2D eigenvalue weighted by atomic mass is 10.0. The van der Waals surface area contributed by atoms with Gasteiger partial charge in [-0.1, -0.05) is 23.9 Å². The molecule has 198 valence electrons. The predicted molar refractivity (Wildman–Crippen MR) is 150 cm³/mol. The van der Waals surface area contributed by atoms with Gasteiger partial charge in [0.1, 0.15) is 17.1 Å². The number of anilines is 2. The first-order valence-corrected chi connectivity index (χ1v) is 13.0. The SMILES string of the molecule is C=Cn1c(N(C)Cc2cccc3c2CCO3)ncc(-c2ccc(N3CCN(CCN=O)CC3)nc2)/c1=N/C. The van der Waals surface area contributed by atoms with E-state index in [0.29, 0.717) is 13.1 Å². The van der Waals surface area contributed by atoms with E-state index in [9.17, 15) is 4.91 Å². The van der Waals surface area contributed by atoms with Crippen LogP contribution in [0.3, 0.4) is 0 Å². The molecule has 10 nitrogen and oxygen atoms in total. The van der Waals surface area contributed by atoms with E-state index in [-0.39, 0.29) is 0 Å². The Kier molecular flexibility index (Phi) is 7.78. The number of nitrogens with zero attached hydrogens (tertiary/aromatic N) is 8. The van der Waals surface area contributed by atoms with Crippen LogP contribution in [-0.2, 0) is 13.0 Å². The van der Waals surface area contributed by atoms with Crippen LogP contribution in [-0.4, -0.2) is 79.4 Å². The third-order valence-electron chi connectivity index (χ3n) is 7.24. The number of fused-ring (bicyclic) bond motifs is 1. The van der Waals surface area contributed by atoms with Gasteiger partial charge >= 0.3 is 0 Å². The van der Waals surface area contributed by atoms with Crippen LogP contribution in [0.5, 0.6) is 5.75 Å². The summed E-state index contributed by atoms with van der Waals surface area (Å²) in [7, 11) is 3.81. The maximum Gasteiger partial charge on any atom is 0.211 e. The van der Waals surface area contributed by atoms with Crippen LogP contribution in [0.4, 0.5) is 11.8 Å². The summed E-state index contributed by atoms with van der Waals surface area (Å²) in [5, 5.41) is 2.97. The lowest BCUT2D eigenvalue weighted by Gasteiger charge is -2.35. The molecule has 0 unspecified atom stereocenters. The van der Waals surface area contributed by atoms with Crippen molar-refractivity contribution in [3.63, 3.8) is 0 Å². The maximum atomic E-state index is 10.4. The third kappa shape index (κ3) is 5.17. The number of pyridine rings is 1. The zero-order valence-corrected chi connectivity index (χ0v) is 22.1. The Morgan fingerprint density at radius 1 is 1.13 bits per heavy atom. The van der Waals surface area contributed by atoms with E-state index >= 15 is 0 Å². The molecule has 5 rings (SSSR count). The van der Waals surface area contributed by atoms with Gasteiger partial charge in [-0.2, -0.15) is 4.91 Å². The van der Waals surface area contributed by atoms with Crippen molar-refractivity contribution in [1.82, 2.24) is 19.4 Å². The van der Waals surface area contributed by atoms with Gasteiger partial charge in [0.05, 0.1) is 13.2 Å². The Bertz CT molecular complexity index is 1360. The summed E-state index contributed by atoms with van der Waals surface area (Å²) in [5.74, 6) is 2.68. The molecule has 0 bridgehead atoms. The highest BCUT2D eigenvalue weighted by molar-refractivity contribution is 5.64. The smallest absolute Gasteiger partial charge is 0.211 e. The number of piperazine rings is 1. The molecule has 0 atom stereocenters. The number of hydrogen-bond donors (Lipinski definition) is 0. The molecule has 0 spiro atoms. The monoisotopic (exact) mass is 514 g/mol. The molecule has 0 amide bonds. The molecule has 38 heavy (non-hydrogen) atoms. The Morgan fingerprint density at radius 3 is 2.68 bits per heavy atom. The molecule has 10 heteroatoms. The van der Waals surface area contributed by atoms with Crippen LogP contribution >= 0.6 is 0 Å². The number of aromatic nitrogens is 3. The van der Waals surface area contributed by atoms with Crippen molar-refractivity contribution in [3.8, 4) is 16.9 Å². The van der Waals surface area contributed by atoms with Crippen molar-refractivity contribution >= 4 is 18.0 Å². The van der Waals surface area contributed by atoms with Crippen molar-refractivity contribution in [2.45, 2.75) is 13.0 Å². The van der Waals surface area contributed by atoms with E-state index in [2.05, 4.69) is 43.6 Å². The van der Waals surface area contributed by atoms with Crippen LogP contribution in [0.2, 0.25) is 0 Å². The highest BCUT2D eigenvalue weighted by atomic mass is 16.5. The second-order valence-corrected chi connectivity index (χ2v) is 9.51. The summed E-state index contributed by atoms with van der Waals surface area (Å²) in [5.41, 5.74) is 5.11. The van der Waals surface area contributed by atoms with Crippen molar-refractivity contribution in [2.75, 3.05) is 69.8 Å². The van der Waals surface area contributed by atoms with E-state index < -0.39 is 0 Å². The van der Waals surface area contributed by atoms with E-state index in [0.717, 1.165) is 79.9 Å². The molecule has 1 saturated heterocycles. The molecule has 1 aromatic carbocycles. The zero-order valence-electron chi connectivity index (χ0n) is 22.1. The molecule has 2 aliphatic rings. The zero-order chi connectivity index (χ0) is 26.5. The summed E-state index contributed by atoms with van der Waals surface area (Å²) in [4.78, 5) is 31.2. The number of rotatable bonds is 9. The van der Waals surface area contributed by atoms with Gasteiger partial charge in [-0.15, -0.1) is 0 Å². The molecule has 0 aliphatic carbocycles. The lowest BCUT2D eigenvalue weighted by Crippen LogP contribution is -2.47. The first kappa shape index (κ1) is 25.6. The van der Waals surface area contributed by atoms with E-state index in [1.807, 2.05) is 42.2 Å². The Balaban J connectivity index is 1.36. The standard InChI is InChI=1S/C28H34N8O2/c1-4-36-27(29-2)24(19-31-28(36)33(3)20-22-6-5-7-25-23(22)10-17-38-25)21-8-9-26(30-18-21)35-15-13-34(14-16-35)12-11-32-37/h4-9,18-19H,1,10-17,20H2,2-3H3/b29-27-. The first-order chi connectivity index (χ1) is 18.6. The summed E-state index contributed by atoms with van der Waals surface area (Å²) >= 11 is 0. The Hall–Kier alpha value is -4.05. The van der Waals surface area contributed by atoms with Crippen LogP contribution in [0, 0.1) is 4.91 Å². The van der Waals surface area contributed by atoms with Gasteiger partial charge in [-0.3, -0.25) is 14.5 Å². The molecule has 4 heterocycles. The van der Waals surface area contributed by atoms with Crippen LogP contribution in [0.1, 0.15) is 11.1 Å². The Morgan fingerprint density at radius 2 is 1.97 bits per heavy atom. The highest BCUT2D eigenvalue weighted by Crippen LogP contribution is 2.29. The van der Waals surface area contributed by atoms with Gasteiger partial charge in [0, 0.05) is 95.1 Å². The summed E-state index contributed by atoms with van der Waals surface area (Å²) in [6.07, 6.45) is 6.43. The highest BCUT2D eigenvalue weighted by Gasteiger charge is 2.20. The van der Waals surface area contributed by atoms with Gasteiger partial charge in [-0.25, -0.2) is 9.97 Å². The molecule has 2 aliphatic heterocycles. The average molecular weight is 515 g/mol. The lowest BCUT2D eigenvalue weighted by molar-refractivity contribution is 0.264. The molecule has 3 aromatic rings. The molecule has 1 fully saturated rings. The largest absolute Gasteiger partial charge is 0.493 e. The maximum absolute atomic E-state index is 10.4. The molecule has 0 radical (unpaired) electrons. The number of hydrogen-bond acceptors (Lipinski definition) is 9. The van der Waals surface area contributed by atoms with Crippen molar-refractivity contribution in [3.05, 3.63) is 70.8 Å². The summed E-state index contributed by atoms with van der Waals surface area (Å²) in [6, 6.07) is 10.3. The number of benzene rings is 1. The van der Waals surface area contributed by atoms with Gasteiger partial charge in [-0.05, 0) is 23.8 Å². The average Bonchev–Trinajstić information content (AvgIpc) is 3.45. The second-order valence-electron chi connectivity index (χ2n) is 9.51. The van der Waals surface area contributed by atoms with Crippen LogP contribution in [0.15, 0.2) is 59.5 Å². The fraction of sp³-hybridized carbons (Fsp3) is 0.393. The minimum Gasteiger partial charge on any atom is -0.493 e. The second kappa shape index (κ2) is 11.6. The van der Waals surface area contributed by atoms with Crippen LogP contribution < -0.4 is 20.0 Å². The molecule has 0 saturated carbocycles. The molecule has 2 aromatic heterocycles. The topological polar surface area (TPSA) is 91.5 Å². The predicted octanol–water partition coefficient (Wildman–Crippen LogP) is 3.04. The Labute approximate surface area is 222 Å². The van der Waals surface area contributed by atoms with Gasteiger partial charge in [0.15, 0.2) is 0 Å². The summed E-state index contributed by atoms with van der Waals surface area (Å²) in [6.45, 7) is 10.1. The molecular weight excluding hydrogens is 480 g/mol. The van der Waals surface area contributed by atoms with E-state index in [1.54, 1.807) is 13.2 Å². The van der Waals surface area contributed by atoms with Gasteiger partial charge < -0.3 is 14.5 Å². The first-order valence-electron chi connectivity index (χ1n) is 13.0. The van der Waals surface area contributed by atoms with Crippen LogP contribution in [0.25, 0.3) is 17.3 Å². The minimum absolute atomic E-state index is 0.342. The quantitative estimate of drug-likeness (QED) is 0.406. The fourth-order valence-electron chi connectivity index (χ4n) is 5.23. The fourth-order valence-corrected chi connectivity index (χ4v) is 5.23. The molecular formula is C28H34N8O2. The van der Waals surface area contributed by atoms with E-state index in [4.69, 9.17) is 14.7 Å². The van der Waals surface area contributed by atoms with E-state index in [1.165, 1.54) is 11.1 Å². The normalized spacial score (nSPS) is 15.7.